The maximum absolute atomic E-state index is 6.51. The van der Waals surface area contributed by atoms with Crippen LogP contribution in [-0.2, 0) is 18.0 Å². The van der Waals surface area contributed by atoms with Gasteiger partial charge in [-0.15, -0.1) is 0 Å². The van der Waals surface area contributed by atoms with E-state index in [1.807, 2.05) is 11.7 Å². The summed E-state index contributed by atoms with van der Waals surface area (Å²) in [6, 6.07) is 0. The van der Waals surface area contributed by atoms with Crippen LogP contribution in [0.1, 0.15) is 64.5 Å². The summed E-state index contributed by atoms with van der Waals surface area (Å²) in [5, 5.41) is 4.53. The van der Waals surface area contributed by atoms with E-state index in [2.05, 4.69) is 25.9 Å². The predicted molar refractivity (Wildman–Crippen MR) is 68.7 cm³/mol. The highest BCUT2D eigenvalue weighted by molar-refractivity contribution is 5.12. The average molecular weight is 236 g/mol. The first-order valence-corrected chi connectivity index (χ1v) is 6.54. The van der Waals surface area contributed by atoms with E-state index in [1.165, 1.54) is 19.3 Å². The summed E-state index contributed by atoms with van der Waals surface area (Å²) < 4.78 is 1.88. The molecule has 96 valence electrons. The fourth-order valence-electron chi connectivity index (χ4n) is 2.54. The molecule has 1 aromatic rings. The van der Waals surface area contributed by atoms with E-state index in [0.29, 0.717) is 0 Å². The molecule has 0 bridgehead atoms. The Morgan fingerprint density at radius 2 is 1.76 bits per heavy atom. The van der Waals surface area contributed by atoms with Crippen LogP contribution < -0.4 is 5.73 Å². The summed E-state index contributed by atoms with van der Waals surface area (Å²) in [5.41, 5.74) is 6.24. The van der Waals surface area contributed by atoms with Gasteiger partial charge in [-0.1, -0.05) is 40.0 Å². The van der Waals surface area contributed by atoms with Crippen LogP contribution >= 0.6 is 0 Å². The molecule has 1 saturated carbocycles. The van der Waals surface area contributed by atoms with Crippen molar-refractivity contribution in [2.45, 2.75) is 63.8 Å². The Morgan fingerprint density at radius 1 is 1.18 bits per heavy atom. The van der Waals surface area contributed by atoms with Crippen LogP contribution in [0.4, 0.5) is 0 Å². The minimum Gasteiger partial charge on any atom is -0.319 e. The molecule has 1 heterocycles. The Balaban J connectivity index is 2.35. The number of aryl methyl sites for hydroxylation is 1. The summed E-state index contributed by atoms with van der Waals surface area (Å²) in [7, 11) is 1.96. The van der Waals surface area contributed by atoms with Gasteiger partial charge < -0.3 is 5.73 Å². The molecule has 17 heavy (non-hydrogen) atoms. The van der Waals surface area contributed by atoms with Crippen molar-refractivity contribution in [1.29, 1.82) is 0 Å². The first-order chi connectivity index (χ1) is 7.83. The van der Waals surface area contributed by atoms with Crippen molar-refractivity contribution in [1.82, 2.24) is 14.8 Å². The summed E-state index contributed by atoms with van der Waals surface area (Å²) in [6.07, 6.45) is 5.76. The Bertz CT molecular complexity index is 394. The fraction of sp³-hybridized carbons (Fsp3) is 0.846. The van der Waals surface area contributed by atoms with Gasteiger partial charge in [-0.05, 0) is 12.8 Å². The van der Waals surface area contributed by atoms with Crippen LogP contribution in [0.3, 0.4) is 0 Å². The van der Waals surface area contributed by atoms with Gasteiger partial charge in [0.05, 0.1) is 5.54 Å². The maximum Gasteiger partial charge on any atom is 0.156 e. The standard InChI is InChI=1S/C13H24N4/c1-12(2,3)10-15-11(17(4)16-10)13(14)8-6-5-7-9-13/h5-9,14H2,1-4H3. The highest BCUT2D eigenvalue weighted by Gasteiger charge is 2.35. The lowest BCUT2D eigenvalue weighted by Crippen LogP contribution is -2.41. The zero-order valence-corrected chi connectivity index (χ0v) is 11.5. The molecule has 1 aliphatic rings. The topological polar surface area (TPSA) is 56.7 Å². The molecule has 4 nitrogen and oxygen atoms in total. The molecule has 0 amide bonds. The van der Waals surface area contributed by atoms with Crippen molar-refractivity contribution in [3.63, 3.8) is 0 Å². The van der Waals surface area contributed by atoms with Gasteiger partial charge in [-0.2, -0.15) is 5.10 Å². The first-order valence-electron chi connectivity index (χ1n) is 6.54. The van der Waals surface area contributed by atoms with Crippen LogP contribution in [-0.4, -0.2) is 14.8 Å². The molecule has 0 unspecified atom stereocenters. The monoisotopic (exact) mass is 236 g/mol. The molecule has 1 aromatic heterocycles. The average Bonchev–Trinajstić information content (AvgIpc) is 2.61. The van der Waals surface area contributed by atoms with Crippen LogP contribution in [0.2, 0.25) is 0 Å². The lowest BCUT2D eigenvalue weighted by molar-refractivity contribution is 0.278. The molecule has 0 radical (unpaired) electrons. The van der Waals surface area contributed by atoms with Gasteiger partial charge in [0.1, 0.15) is 5.82 Å². The second kappa shape index (κ2) is 4.09. The van der Waals surface area contributed by atoms with E-state index in [9.17, 15) is 0 Å². The summed E-state index contributed by atoms with van der Waals surface area (Å²) >= 11 is 0. The second-order valence-corrected chi connectivity index (χ2v) is 6.35. The lowest BCUT2D eigenvalue weighted by atomic mass is 9.82. The van der Waals surface area contributed by atoms with Crippen molar-refractivity contribution < 1.29 is 0 Å². The zero-order chi connectivity index (χ0) is 12.7. The molecule has 0 saturated heterocycles. The number of hydrogen-bond acceptors (Lipinski definition) is 3. The number of nitrogens with two attached hydrogens (primary N) is 1. The number of nitrogens with zero attached hydrogens (tertiary/aromatic N) is 3. The highest BCUT2D eigenvalue weighted by Crippen LogP contribution is 2.34. The zero-order valence-electron chi connectivity index (χ0n) is 11.5. The van der Waals surface area contributed by atoms with E-state index in [-0.39, 0.29) is 11.0 Å². The molecule has 4 heteroatoms. The molecule has 2 N–H and O–H groups in total. The minimum absolute atomic E-state index is 0.0129. The Hall–Kier alpha value is -0.900. The Kier molecular flexibility index (Phi) is 3.02. The third-order valence-electron chi connectivity index (χ3n) is 3.62. The van der Waals surface area contributed by atoms with Gasteiger partial charge in [-0.25, -0.2) is 4.98 Å². The Morgan fingerprint density at radius 3 is 2.24 bits per heavy atom. The molecule has 1 aliphatic carbocycles. The third-order valence-corrected chi connectivity index (χ3v) is 3.62. The second-order valence-electron chi connectivity index (χ2n) is 6.35. The fourth-order valence-corrected chi connectivity index (χ4v) is 2.54. The summed E-state index contributed by atoms with van der Waals surface area (Å²) in [4.78, 5) is 4.70. The van der Waals surface area contributed by atoms with Crippen molar-refractivity contribution in [3.8, 4) is 0 Å². The smallest absolute Gasteiger partial charge is 0.156 e. The third kappa shape index (κ3) is 2.37. The lowest BCUT2D eigenvalue weighted by Gasteiger charge is -2.32. The molecule has 0 aliphatic heterocycles. The van der Waals surface area contributed by atoms with E-state index < -0.39 is 0 Å². The summed E-state index contributed by atoms with van der Waals surface area (Å²) in [5.74, 6) is 1.85. The van der Waals surface area contributed by atoms with E-state index in [4.69, 9.17) is 10.7 Å². The van der Waals surface area contributed by atoms with Gasteiger partial charge in [-0.3, -0.25) is 4.68 Å². The normalized spacial score (nSPS) is 20.5. The van der Waals surface area contributed by atoms with E-state index in [1.54, 1.807) is 0 Å². The van der Waals surface area contributed by atoms with Crippen molar-refractivity contribution in [2.75, 3.05) is 0 Å². The van der Waals surface area contributed by atoms with Crippen LogP contribution in [0.25, 0.3) is 0 Å². The molecule has 0 aromatic carbocycles. The maximum atomic E-state index is 6.51. The number of hydrogen-bond donors (Lipinski definition) is 1. The van der Waals surface area contributed by atoms with E-state index in [0.717, 1.165) is 24.5 Å². The first kappa shape index (κ1) is 12.6. The number of rotatable bonds is 1. The van der Waals surface area contributed by atoms with Gasteiger partial charge in [0.2, 0.25) is 0 Å². The highest BCUT2D eigenvalue weighted by atomic mass is 15.3. The molecular formula is C13H24N4. The van der Waals surface area contributed by atoms with Gasteiger partial charge in [0, 0.05) is 12.5 Å². The largest absolute Gasteiger partial charge is 0.319 e. The molecule has 0 spiro atoms. The minimum atomic E-state index is -0.260. The molecule has 2 rings (SSSR count). The summed E-state index contributed by atoms with van der Waals surface area (Å²) in [6.45, 7) is 6.41. The Labute approximate surface area is 104 Å². The van der Waals surface area contributed by atoms with Crippen molar-refractivity contribution >= 4 is 0 Å². The van der Waals surface area contributed by atoms with E-state index >= 15 is 0 Å². The molecular weight excluding hydrogens is 212 g/mol. The molecule has 1 fully saturated rings. The SMILES string of the molecule is Cn1nc(C(C)(C)C)nc1C1(N)CCCCC1. The number of aromatic nitrogens is 3. The van der Waals surface area contributed by atoms with Crippen molar-refractivity contribution in [3.05, 3.63) is 11.6 Å². The van der Waals surface area contributed by atoms with Gasteiger partial charge in [0.15, 0.2) is 5.82 Å². The van der Waals surface area contributed by atoms with Gasteiger partial charge in [0.25, 0.3) is 0 Å². The van der Waals surface area contributed by atoms with Crippen molar-refractivity contribution in [2.24, 2.45) is 12.8 Å². The van der Waals surface area contributed by atoms with Gasteiger partial charge >= 0.3 is 0 Å². The van der Waals surface area contributed by atoms with Crippen LogP contribution in [0.15, 0.2) is 0 Å². The van der Waals surface area contributed by atoms with Crippen LogP contribution in [0, 0.1) is 0 Å². The quantitative estimate of drug-likeness (QED) is 0.813. The van der Waals surface area contributed by atoms with Crippen LogP contribution in [0.5, 0.6) is 0 Å². The predicted octanol–water partition coefficient (Wildman–Crippen LogP) is 2.23. The molecule has 0 atom stereocenters.